The third-order valence-electron chi connectivity index (χ3n) is 3.56. The van der Waals surface area contributed by atoms with Gasteiger partial charge in [0.15, 0.2) is 0 Å². The van der Waals surface area contributed by atoms with Crippen LogP contribution < -0.4 is 0 Å². The second-order valence-corrected chi connectivity index (χ2v) is 5.80. The molecular weight excluding hydrogens is 296 g/mol. The van der Waals surface area contributed by atoms with Crippen molar-refractivity contribution in [2.75, 3.05) is 13.2 Å². The van der Waals surface area contributed by atoms with Gasteiger partial charge in [0.05, 0.1) is 24.7 Å². The molecule has 0 heterocycles. The van der Waals surface area contributed by atoms with Gasteiger partial charge < -0.3 is 25.2 Å². The first-order valence-electron chi connectivity index (χ1n) is 8.74. The van der Waals surface area contributed by atoms with E-state index in [-0.39, 0.29) is 25.4 Å². The average molecular weight is 330 g/mol. The maximum Gasteiger partial charge on any atom is 0.0862 e. The highest BCUT2D eigenvalue weighted by molar-refractivity contribution is 4.83. The summed E-state index contributed by atoms with van der Waals surface area (Å²) >= 11 is 0. The molecule has 136 valence electrons. The average Bonchev–Trinajstić information content (AvgIpc) is 2.54. The minimum absolute atomic E-state index is 0.216. The van der Waals surface area contributed by atoms with Crippen molar-refractivity contribution in [3.63, 3.8) is 0 Å². The summed E-state index contributed by atoms with van der Waals surface area (Å²) in [5, 5.41) is 36.7. The Hall–Kier alpha value is -0.880. The van der Waals surface area contributed by atoms with Crippen molar-refractivity contribution in [1.29, 1.82) is 0 Å². The Kier molecular flexibility index (Phi) is 16.8. The number of ether oxygens (including phenoxy) is 1. The van der Waals surface area contributed by atoms with Gasteiger partial charge in [-0.3, -0.25) is 0 Å². The summed E-state index contributed by atoms with van der Waals surface area (Å²) in [6.45, 7) is 0.432. The molecule has 0 fully saturated rings. The van der Waals surface area contributed by atoms with Gasteiger partial charge >= 0.3 is 0 Å². The second-order valence-electron chi connectivity index (χ2n) is 5.80. The van der Waals surface area contributed by atoms with E-state index in [1.54, 1.807) is 24.7 Å². The molecule has 0 bridgehead atoms. The van der Waals surface area contributed by atoms with E-state index in [1.165, 1.54) is 0 Å². The highest BCUT2D eigenvalue weighted by Gasteiger charge is 2.01. The Bertz CT molecular complexity index is 263. The number of rotatable bonds is 16. The van der Waals surface area contributed by atoms with Crippen LogP contribution in [0, 0.1) is 0 Å². The molecule has 0 saturated carbocycles. The van der Waals surface area contributed by atoms with Crippen molar-refractivity contribution in [2.24, 2.45) is 0 Å². The molecule has 0 aromatic heterocycles. The van der Waals surface area contributed by atoms with E-state index in [0.717, 1.165) is 51.4 Å². The first-order chi connectivity index (χ1) is 11.2. The van der Waals surface area contributed by atoms with E-state index < -0.39 is 0 Å². The molecular formula is C18H34O5. The summed E-state index contributed by atoms with van der Waals surface area (Å²) in [4.78, 5) is 0. The first-order valence-corrected chi connectivity index (χ1v) is 8.74. The topological polar surface area (TPSA) is 90.2 Å². The molecule has 0 amide bonds. The lowest BCUT2D eigenvalue weighted by atomic mass is 10.1. The Morgan fingerprint density at radius 2 is 1.09 bits per heavy atom. The Morgan fingerprint density at radius 1 is 0.652 bits per heavy atom. The molecule has 23 heavy (non-hydrogen) atoms. The van der Waals surface area contributed by atoms with Crippen LogP contribution in [0.2, 0.25) is 0 Å². The van der Waals surface area contributed by atoms with Crippen LogP contribution in [0.15, 0.2) is 24.7 Å². The van der Waals surface area contributed by atoms with E-state index in [1.807, 2.05) is 0 Å². The van der Waals surface area contributed by atoms with E-state index in [2.05, 4.69) is 0 Å². The van der Waals surface area contributed by atoms with Crippen LogP contribution in [0.25, 0.3) is 0 Å². The van der Waals surface area contributed by atoms with Gasteiger partial charge in [-0.05, 0) is 50.7 Å². The van der Waals surface area contributed by atoms with Crippen LogP contribution in [-0.2, 0) is 4.74 Å². The van der Waals surface area contributed by atoms with Gasteiger partial charge in [-0.2, -0.15) is 0 Å². The van der Waals surface area contributed by atoms with Gasteiger partial charge in [0.2, 0.25) is 0 Å². The summed E-state index contributed by atoms with van der Waals surface area (Å²) in [5.41, 5.74) is 0. The molecule has 5 heteroatoms. The quantitative estimate of drug-likeness (QED) is 0.258. The molecule has 0 aromatic rings. The summed E-state index contributed by atoms with van der Waals surface area (Å²) < 4.78 is 5.17. The van der Waals surface area contributed by atoms with Crippen LogP contribution in [0.4, 0.5) is 0 Å². The van der Waals surface area contributed by atoms with Crippen LogP contribution in [0.3, 0.4) is 0 Å². The fraction of sp³-hybridized carbons (Fsp3) is 0.778. The van der Waals surface area contributed by atoms with Gasteiger partial charge in [0.25, 0.3) is 0 Å². The zero-order chi connectivity index (χ0) is 17.2. The van der Waals surface area contributed by atoms with E-state index in [4.69, 9.17) is 14.9 Å². The Morgan fingerprint density at radius 3 is 1.48 bits per heavy atom. The minimum Gasteiger partial charge on any atom is -0.473 e. The largest absolute Gasteiger partial charge is 0.473 e. The van der Waals surface area contributed by atoms with Crippen LogP contribution in [0.1, 0.15) is 64.2 Å². The molecule has 5 nitrogen and oxygen atoms in total. The highest BCUT2D eigenvalue weighted by atomic mass is 16.5. The number of hydrogen-bond acceptors (Lipinski definition) is 5. The van der Waals surface area contributed by atoms with Crippen molar-refractivity contribution < 1.29 is 25.2 Å². The van der Waals surface area contributed by atoms with Gasteiger partial charge in [-0.1, -0.05) is 25.7 Å². The molecule has 0 spiro atoms. The van der Waals surface area contributed by atoms with E-state index in [0.29, 0.717) is 12.8 Å². The highest BCUT2D eigenvalue weighted by Crippen LogP contribution is 2.08. The molecule has 2 unspecified atom stereocenters. The lowest BCUT2D eigenvalue weighted by molar-refractivity contribution is 0.161. The van der Waals surface area contributed by atoms with Crippen molar-refractivity contribution in [2.45, 2.75) is 76.4 Å². The van der Waals surface area contributed by atoms with Crippen molar-refractivity contribution in [3.8, 4) is 0 Å². The molecule has 4 N–H and O–H groups in total. The monoisotopic (exact) mass is 330 g/mol. The number of hydrogen-bond donors (Lipinski definition) is 4. The molecule has 0 saturated heterocycles. The van der Waals surface area contributed by atoms with Crippen molar-refractivity contribution in [3.05, 3.63) is 24.7 Å². The van der Waals surface area contributed by atoms with Crippen LogP contribution >= 0.6 is 0 Å². The lowest BCUT2D eigenvalue weighted by Gasteiger charge is -2.07. The fourth-order valence-electron chi connectivity index (χ4n) is 2.15. The molecule has 0 radical (unpaired) electrons. The van der Waals surface area contributed by atoms with Crippen molar-refractivity contribution in [1.82, 2.24) is 0 Å². The smallest absolute Gasteiger partial charge is 0.0862 e. The SMILES string of the molecule is OCCCCCC(O)CC=COC=CCC(O)CCCCCO. The number of unbranched alkanes of at least 4 members (excludes halogenated alkanes) is 4. The predicted molar refractivity (Wildman–Crippen MR) is 91.7 cm³/mol. The van der Waals surface area contributed by atoms with E-state index in [9.17, 15) is 10.2 Å². The molecule has 2 atom stereocenters. The maximum atomic E-state index is 9.71. The third kappa shape index (κ3) is 17.3. The van der Waals surface area contributed by atoms with Gasteiger partial charge in [0, 0.05) is 13.2 Å². The summed E-state index contributed by atoms with van der Waals surface area (Å²) in [6, 6.07) is 0. The zero-order valence-corrected chi connectivity index (χ0v) is 14.1. The molecule has 0 aliphatic rings. The molecule has 0 aromatic carbocycles. The second kappa shape index (κ2) is 17.5. The van der Waals surface area contributed by atoms with Crippen LogP contribution in [0.5, 0.6) is 0 Å². The number of aliphatic hydroxyl groups is 4. The van der Waals surface area contributed by atoms with Crippen LogP contribution in [-0.4, -0.2) is 45.8 Å². The minimum atomic E-state index is -0.363. The predicted octanol–water partition coefficient (Wildman–Crippen LogP) is 2.64. The standard InChI is InChI=1S/C18H34O5/c19-13-5-1-3-9-17(21)11-7-15-23-16-8-12-18(22)10-4-2-6-14-20/h7-8,15-22H,1-6,9-14H2. The molecule has 0 aliphatic carbocycles. The van der Waals surface area contributed by atoms with Crippen molar-refractivity contribution >= 4 is 0 Å². The normalized spacial score (nSPS) is 14.6. The van der Waals surface area contributed by atoms with E-state index >= 15 is 0 Å². The summed E-state index contributed by atoms with van der Waals surface area (Å²) in [6.07, 6.45) is 13.8. The molecule has 0 aliphatic heterocycles. The molecule has 0 rings (SSSR count). The number of aliphatic hydroxyl groups excluding tert-OH is 4. The Labute approximate surface area is 140 Å². The maximum absolute atomic E-state index is 9.71. The summed E-state index contributed by atoms with van der Waals surface area (Å²) in [7, 11) is 0. The zero-order valence-electron chi connectivity index (χ0n) is 14.1. The fourth-order valence-corrected chi connectivity index (χ4v) is 2.15. The van der Waals surface area contributed by atoms with Gasteiger partial charge in [0.1, 0.15) is 0 Å². The van der Waals surface area contributed by atoms with Gasteiger partial charge in [-0.15, -0.1) is 0 Å². The Balaban J connectivity index is 3.49. The lowest BCUT2D eigenvalue weighted by Crippen LogP contribution is -2.04. The van der Waals surface area contributed by atoms with Gasteiger partial charge in [-0.25, -0.2) is 0 Å². The first kappa shape index (κ1) is 22.1. The summed E-state index contributed by atoms with van der Waals surface area (Å²) in [5.74, 6) is 0. The third-order valence-corrected chi connectivity index (χ3v) is 3.56.